The van der Waals surface area contributed by atoms with Crippen LogP contribution in [0.2, 0.25) is 0 Å². The first-order valence-electron chi connectivity index (χ1n) is 7.93. The maximum atomic E-state index is 11.9. The number of amides is 1. The SMILES string of the molecule is CCCCCC(=O)N[C@@H](C)c1nnc2n1CCCCC2. The summed E-state index contributed by atoms with van der Waals surface area (Å²) < 4.78 is 2.20. The Labute approximate surface area is 121 Å². The molecule has 0 radical (unpaired) electrons. The molecule has 1 aromatic rings. The van der Waals surface area contributed by atoms with E-state index in [1.165, 1.54) is 19.3 Å². The normalized spacial score (nSPS) is 16.3. The quantitative estimate of drug-likeness (QED) is 0.814. The number of hydrogen-bond donors (Lipinski definition) is 1. The fourth-order valence-electron chi connectivity index (χ4n) is 2.74. The van der Waals surface area contributed by atoms with Crippen molar-refractivity contribution in [3.05, 3.63) is 11.6 Å². The molecule has 0 bridgehead atoms. The van der Waals surface area contributed by atoms with Crippen LogP contribution in [-0.4, -0.2) is 20.7 Å². The molecule has 0 saturated carbocycles. The number of hydrogen-bond acceptors (Lipinski definition) is 3. The maximum absolute atomic E-state index is 11.9. The number of aromatic nitrogens is 3. The van der Waals surface area contributed by atoms with Crippen molar-refractivity contribution in [3.63, 3.8) is 0 Å². The Kier molecular flexibility index (Phi) is 5.56. The van der Waals surface area contributed by atoms with E-state index in [0.717, 1.165) is 43.9 Å². The first-order valence-corrected chi connectivity index (χ1v) is 7.93. The first-order chi connectivity index (χ1) is 9.72. The molecule has 112 valence electrons. The number of nitrogens with zero attached hydrogens (tertiary/aromatic N) is 3. The number of aryl methyl sites for hydroxylation is 1. The summed E-state index contributed by atoms with van der Waals surface area (Å²) in [6.45, 7) is 5.12. The maximum Gasteiger partial charge on any atom is 0.220 e. The third kappa shape index (κ3) is 3.81. The van der Waals surface area contributed by atoms with Gasteiger partial charge in [-0.25, -0.2) is 0 Å². The molecule has 2 rings (SSSR count). The van der Waals surface area contributed by atoms with Gasteiger partial charge in [0.15, 0.2) is 5.82 Å². The van der Waals surface area contributed by atoms with Crippen LogP contribution < -0.4 is 5.32 Å². The van der Waals surface area contributed by atoms with E-state index in [-0.39, 0.29) is 11.9 Å². The number of rotatable bonds is 6. The van der Waals surface area contributed by atoms with Crippen LogP contribution in [0.25, 0.3) is 0 Å². The van der Waals surface area contributed by atoms with Crippen LogP contribution in [0.5, 0.6) is 0 Å². The number of carbonyl (C=O) groups is 1. The Morgan fingerprint density at radius 3 is 2.95 bits per heavy atom. The number of fused-ring (bicyclic) bond motifs is 1. The zero-order valence-corrected chi connectivity index (χ0v) is 12.7. The minimum atomic E-state index is -0.0523. The van der Waals surface area contributed by atoms with Crippen molar-refractivity contribution in [2.75, 3.05) is 0 Å². The van der Waals surface area contributed by atoms with Crippen molar-refractivity contribution in [3.8, 4) is 0 Å². The Morgan fingerprint density at radius 1 is 1.30 bits per heavy atom. The Balaban J connectivity index is 1.94. The van der Waals surface area contributed by atoms with Gasteiger partial charge in [-0.3, -0.25) is 4.79 Å². The van der Waals surface area contributed by atoms with Crippen molar-refractivity contribution in [2.45, 2.75) is 77.8 Å². The van der Waals surface area contributed by atoms with E-state index < -0.39 is 0 Å². The summed E-state index contributed by atoms with van der Waals surface area (Å²) in [5.74, 6) is 2.10. The van der Waals surface area contributed by atoms with Gasteiger partial charge in [0, 0.05) is 19.4 Å². The van der Waals surface area contributed by atoms with Gasteiger partial charge in [0.1, 0.15) is 5.82 Å². The third-order valence-corrected chi connectivity index (χ3v) is 3.91. The average molecular weight is 278 g/mol. The van der Waals surface area contributed by atoms with Crippen molar-refractivity contribution >= 4 is 5.91 Å². The predicted octanol–water partition coefficient (Wildman–Crippen LogP) is 2.76. The second-order valence-corrected chi connectivity index (χ2v) is 5.68. The van der Waals surface area contributed by atoms with E-state index in [0.29, 0.717) is 6.42 Å². The highest BCUT2D eigenvalue weighted by Crippen LogP contribution is 2.18. The van der Waals surface area contributed by atoms with Crippen LogP contribution in [0.4, 0.5) is 0 Å². The molecule has 0 fully saturated rings. The summed E-state index contributed by atoms with van der Waals surface area (Å²) >= 11 is 0. The zero-order valence-electron chi connectivity index (χ0n) is 12.7. The van der Waals surface area contributed by atoms with Gasteiger partial charge < -0.3 is 9.88 Å². The van der Waals surface area contributed by atoms with Gasteiger partial charge in [0.05, 0.1) is 6.04 Å². The molecule has 20 heavy (non-hydrogen) atoms. The molecular weight excluding hydrogens is 252 g/mol. The van der Waals surface area contributed by atoms with Crippen LogP contribution in [0.15, 0.2) is 0 Å². The predicted molar refractivity (Wildman–Crippen MR) is 78.3 cm³/mol. The summed E-state index contributed by atoms with van der Waals surface area (Å²) in [5, 5.41) is 11.6. The second kappa shape index (κ2) is 7.41. The second-order valence-electron chi connectivity index (χ2n) is 5.68. The molecule has 1 aliphatic rings. The molecule has 0 saturated heterocycles. The highest BCUT2D eigenvalue weighted by atomic mass is 16.1. The largest absolute Gasteiger partial charge is 0.346 e. The number of carbonyl (C=O) groups excluding carboxylic acids is 1. The van der Waals surface area contributed by atoms with Gasteiger partial charge in [-0.15, -0.1) is 10.2 Å². The van der Waals surface area contributed by atoms with Crippen LogP contribution in [0, 0.1) is 0 Å². The molecule has 1 aromatic heterocycles. The van der Waals surface area contributed by atoms with Gasteiger partial charge in [0.2, 0.25) is 5.91 Å². The summed E-state index contributed by atoms with van der Waals surface area (Å²) in [5.41, 5.74) is 0. The molecule has 0 spiro atoms. The fourth-order valence-corrected chi connectivity index (χ4v) is 2.74. The molecule has 5 heteroatoms. The molecular formula is C15H26N4O. The molecule has 0 aliphatic carbocycles. The first kappa shape index (κ1) is 15.0. The van der Waals surface area contributed by atoms with Crippen molar-refractivity contribution in [1.29, 1.82) is 0 Å². The van der Waals surface area contributed by atoms with Crippen molar-refractivity contribution < 1.29 is 4.79 Å². The lowest BCUT2D eigenvalue weighted by Crippen LogP contribution is -2.28. The van der Waals surface area contributed by atoms with Crippen LogP contribution in [-0.2, 0) is 17.8 Å². The van der Waals surface area contributed by atoms with Gasteiger partial charge in [0.25, 0.3) is 0 Å². The van der Waals surface area contributed by atoms with E-state index >= 15 is 0 Å². The molecule has 0 unspecified atom stereocenters. The van der Waals surface area contributed by atoms with E-state index in [4.69, 9.17) is 0 Å². The molecule has 2 heterocycles. The molecule has 5 nitrogen and oxygen atoms in total. The minimum absolute atomic E-state index is 0.0523. The number of unbranched alkanes of at least 4 members (excludes halogenated alkanes) is 2. The Morgan fingerprint density at radius 2 is 2.15 bits per heavy atom. The lowest BCUT2D eigenvalue weighted by Gasteiger charge is -2.15. The third-order valence-electron chi connectivity index (χ3n) is 3.91. The highest BCUT2D eigenvalue weighted by Gasteiger charge is 2.20. The van der Waals surface area contributed by atoms with Crippen LogP contribution in [0.3, 0.4) is 0 Å². The standard InChI is InChI=1S/C15H26N4O/c1-3-4-6-10-14(20)16-12(2)15-18-17-13-9-7-5-8-11-19(13)15/h12H,3-11H2,1-2H3,(H,16,20)/t12-/m0/s1. The number of nitrogens with one attached hydrogen (secondary N) is 1. The summed E-state index contributed by atoms with van der Waals surface area (Å²) in [7, 11) is 0. The summed E-state index contributed by atoms with van der Waals surface area (Å²) in [4.78, 5) is 11.9. The van der Waals surface area contributed by atoms with E-state index in [1.54, 1.807) is 0 Å². The average Bonchev–Trinajstić information content (AvgIpc) is 2.68. The Bertz CT molecular complexity index is 441. The van der Waals surface area contributed by atoms with Crippen LogP contribution >= 0.6 is 0 Å². The van der Waals surface area contributed by atoms with Gasteiger partial charge in [-0.05, 0) is 26.2 Å². The lowest BCUT2D eigenvalue weighted by molar-refractivity contribution is -0.121. The molecule has 1 N–H and O–H groups in total. The van der Waals surface area contributed by atoms with Crippen molar-refractivity contribution in [1.82, 2.24) is 20.1 Å². The van der Waals surface area contributed by atoms with Crippen molar-refractivity contribution in [2.24, 2.45) is 0 Å². The van der Waals surface area contributed by atoms with Gasteiger partial charge >= 0.3 is 0 Å². The van der Waals surface area contributed by atoms with Crippen LogP contribution in [0.1, 0.15) is 76.5 Å². The van der Waals surface area contributed by atoms with Gasteiger partial charge in [-0.2, -0.15) is 0 Å². The van der Waals surface area contributed by atoms with E-state index in [9.17, 15) is 4.79 Å². The Hall–Kier alpha value is -1.39. The zero-order chi connectivity index (χ0) is 14.4. The summed E-state index contributed by atoms with van der Waals surface area (Å²) in [6, 6.07) is -0.0523. The lowest BCUT2D eigenvalue weighted by atomic mass is 10.2. The van der Waals surface area contributed by atoms with E-state index in [2.05, 4.69) is 27.0 Å². The topological polar surface area (TPSA) is 59.8 Å². The molecule has 1 aliphatic heterocycles. The minimum Gasteiger partial charge on any atom is -0.346 e. The molecule has 1 amide bonds. The fraction of sp³-hybridized carbons (Fsp3) is 0.800. The molecule has 0 aromatic carbocycles. The monoisotopic (exact) mass is 278 g/mol. The van der Waals surface area contributed by atoms with Gasteiger partial charge in [-0.1, -0.05) is 26.2 Å². The summed E-state index contributed by atoms with van der Waals surface area (Å²) in [6.07, 6.45) is 8.45. The smallest absolute Gasteiger partial charge is 0.220 e. The highest BCUT2D eigenvalue weighted by molar-refractivity contribution is 5.76. The van der Waals surface area contributed by atoms with E-state index in [1.807, 2.05) is 6.92 Å². The molecule has 1 atom stereocenters.